The molecule has 3 aromatic rings. The molecule has 0 aliphatic heterocycles. The number of aryl methyl sites for hydroxylation is 1. The Bertz CT molecular complexity index is 1120. The minimum absolute atomic E-state index is 0.0806. The fraction of sp³-hybridized carbons (Fsp3) is 0.158. The number of rotatable bonds is 7. The van der Waals surface area contributed by atoms with Gasteiger partial charge in [-0.15, -0.1) is 0 Å². The average molecular weight is 419 g/mol. The SMILES string of the molecule is COc1ccc(NC(=O)c2noc(C)c2COc2ccc(F)cc2F)c([N+](=O)[O-])c1. The van der Waals surface area contributed by atoms with Gasteiger partial charge in [0.15, 0.2) is 17.3 Å². The molecule has 0 saturated heterocycles. The van der Waals surface area contributed by atoms with Crippen molar-refractivity contribution in [2.24, 2.45) is 0 Å². The predicted molar refractivity (Wildman–Crippen MR) is 99.5 cm³/mol. The molecular weight excluding hydrogens is 404 g/mol. The number of nitrogens with one attached hydrogen (secondary N) is 1. The molecule has 0 atom stereocenters. The van der Waals surface area contributed by atoms with Crippen molar-refractivity contribution in [1.82, 2.24) is 5.16 Å². The van der Waals surface area contributed by atoms with Crippen molar-refractivity contribution in [2.75, 3.05) is 12.4 Å². The fourth-order valence-corrected chi connectivity index (χ4v) is 2.56. The lowest BCUT2D eigenvalue weighted by Crippen LogP contribution is -2.16. The second kappa shape index (κ2) is 8.55. The Morgan fingerprint density at radius 2 is 2.03 bits per heavy atom. The summed E-state index contributed by atoms with van der Waals surface area (Å²) in [6, 6.07) is 6.70. The van der Waals surface area contributed by atoms with Gasteiger partial charge in [0.05, 0.1) is 23.7 Å². The van der Waals surface area contributed by atoms with Gasteiger partial charge < -0.3 is 19.3 Å². The molecule has 0 aliphatic rings. The van der Waals surface area contributed by atoms with Gasteiger partial charge in [0.1, 0.15) is 29.6 Å². The molecule has 0 unspecified atom stereocenters. The molecule has 156 valence electrons. The minimum Gasteiger partial charge on any atom is -0.496 e. The Labute approximate surface area is 168 Å². The van der Waals surface area contributed by atoms with Crippen molar-refractivity contribution in [1.29, 1.82) is 0 Å². The highest BCUT2D eigenvalue weighted by molar-refractivity contribution is 6.05. The normalized spacial score (nSPS) is 10.5. The van der Waals surface area contributed by atoms with Crippen LogP contribution in [-0.2, 0) is 6.61 Å². The number of amides is 1. The van der Waals surface area contributed by atoms with Gasteiger partial charge in [-0.3, -0.25) is 14.9 Å². The monoisotopic (exact) mass is 419 g/mol. The van der Waals surface area contributed by atoms with Crippen LogP contribution in [0, 0.1) is 28.7 Å². The first-order chi connectivity index (χ1) is 14.3. The molecule has 0 saturated carbocycles. The Balaban J connectivity index is 1.82. The average Bonchev–Trinajstić information content (AvgIpc) is 3.08. The summed E-state index contributed by atoms with van der Waals surface area (Å²) in [5.41, 5.74) is -0.454. The van der Waals surface area contributed by atoms with Crippen molar-refractivity contribution >= 4 is 17.3 Å². The van der Waals surface area contributed by atoms with Crippen LogP contribution in [0.15, 0.2) is 40.9 Å². The van der Waals surface area contributed by atoms with Gasteiger partial charge in [-0.1, -0.05) is 5.16 Å². The van der Waals surface area contributed by atoms with Gasteiger partial charge >= 0.3 is 0 Å². The maximum absolute atomic E-state index is 13.8. The van der Waals surface area contributed by atoms with Crippen LogP contribution < -0.4 is 14.8 Å². The molecule has 9 nitrogen and oxygen atoms in total. The number of ether oxygens (including phenoxy) is 2. The summed E-state index contributed by atoms with van der Waals surface area (Å²) in [5.74, 6) is -2.22. The van der Waals surface area contributed by atoms with Crippen molar-refractivity contribution < 1.29 is 32.5 Å². The molecule has 11 heteroatoms. The molecule has 1 aromatic heterocycles. The highest BCUT2D eigenvalue weighted by Crippen LogP contribution is 2.30. The third kappa shape index (κ3) is 4.35. The van der Waals surface area contributed by atoms with Crippen LogP contribution in [0.4, 0.5) is 20.2 Å². The summed E-state index contributed by atoms with van der Waals surface area (Å²) < 4.78 is 42.0. The number of anilines is 1. The first-order valence-corrected chi connectivity index (χ1v) is 8.47. The highest BCUT2D eigenvalue weighted by Gasteiger charge is 2.24. The molecule has 0 aliphatic carbocycles. The van der Waals surface area contributed by atoms with Gasteiger partial charge in [0, 0.05) is 6.07 Å². The van der Waals surface area contributed by atoms with E-state index in [1.54, 1.807) is 0 Å². The smallest absolute Gasteiger partial charge is 0.296 e. The van der Waals surface area contributed by atoms with Gasteiger partial charge in [0.2, 0.25) is 0 Å². The van der Waals surface area contributed by atoms with Crippen LogP contribution in [0.1, 0.15) is 21.8 Å². The Hall–Kier alpha value is -4.02. The number of nitrogens with zero attached hydrogens (tertiary/aromatic N) is 2. The molecule has 1 N–H and O–H groups in total. The minimum atomic E-state index is -0.913. The number of nitro groups is 1. The maximum Gasteiger partial charge on any atom is 0.296 e. The summed E-state index contributed by atoms with van der Waals surface area (Å²) >= 11 is 0. The van der Waals surface area contributed by atoms with Gasteiger partial charge in [-0.2, -0.15) is 0 Å². The number of methoxy groups -OCH3 is 1. The van der Waals surface area contributed by atoms with Crippen molar-refractivity contribution in [2.45, 2.75) is 13.5 Å². The third-order valence-corrected chi connectivity index (χ3v) is 4.12. The van der Waals surface area contributed by atoms with Crippen molar-refractivity contribution in [3.8, 4) is 11.5 Å². The van der Waals surface area contributed by atoms with E-state index in [9.17, 15) is 23.7 Å². The maximum atomic E-state index is 13.8. The van der Waals surface area contributed by atoms with E-state index in [2.05, 4.69) is 10.5 Å². The standard InChI is InChI=1S/C19H15F2N3O6/c1-10-13(9-29-17-6-3-11(20)7-14(17)21)18(23-30-10)19(25)22-15-5-4-12(28-2)8-16(15)24(26)27/h3-8H,9H2,1-2H3,(H,22,25). The number of carbonyl (C=O) groups excluding carboxylic acids is 1. The predicted octanol–water partition coefficient (Wildman–Crippen LogP) is 4.01. The largest absolute Gasteiger partial charge is 0.496 e. The molecule has 30 heavy (non-hydrogen) atoms. The number of hydrogen-bond donors (Lipinski definition) is 1. The highest BCUT2D eigenvalue weighted by atomic mass is 19.1. The number of carbonyl (C=O) groups is 1. The zero-order valence-corrected chi connectivity index (χ0v) is 15.8. The third-order valence-electron chi connectivity index (χ3n) is 4.12. The van der Waals surface area contributed by atoms with E-state index in [1.807, 2.05) is 0 Å². The lowest BCUT2D eigenvalue weighted by molar-refractivity contribution is -0.384. The summed E-state index contributed by atoms with van der Waals surface area (Å²) in [6.45, 7) is 1.21. The zero-order chi connectivity index (χ0) is 21.8. The van der Waals surface area contributed by atoms with Gasteiger partial charge in [-0.05, 0) is 31.2 Å². The second-order valence-electron chi connectivity index (χ2n) is 6.02. The number of nitro benzene ring substituents is 1. The quantitative estimate of drug-likeness (QED) is 0.454. The molecule has 0 spiro atoms. The Morgan fingerprint density at radius 1 is 1.27 bits per heavy atom. The lowest BCUT2D eigenvalue weighted by atomic mass is 10.2. The van der Waals surface area contributed by atoms with E-state index in [-0.39, 0.29) is 46.5 Å². The molecule has 0 radical (unpaired) electrons. The molecule has 0 bridgehead atoms. The second-order valence-corrected chi connectivity index (χ2v) is 6.02. The first kappa shape index (κ1) is 20.7. The van der Waals surface area contributed by atoms with E-state index >= 15 is 0 Å². The van der Waals surface area contributed by atoms with Crippen LogP contribution in [0.3, 0.4) is 0 Å². The fourth-order valence-electron chi connectivity index (χ4n) is 2.56. The van der Waals surface area contributed by atoms with E-state index in [4.69, 9.17) is 14.0 Å². The molecule has 3 rings (SSSR count). The van der Waals surface area contributed by atoms with Crippen molar-refractivity contribution in [3.63, 3.8) is 0 Å². The molecular formula is C19H15F2N3O6. The summed E-state index contributed by atoms with van der Waals surface area (Å²) in [5, 5.41) is 17.3. The molecule has 1 heterocycles. The van der Waals surface area contributed by atoms with E-state index in [0.717, 1.165) is 18.2 Å². The topological polar surface area (TPSA) is 117 Å². The molecule has 0 fully saturated rings. The molecule has 2 aromatic carbocycles. The van der Waals surface area contributed by atoms with Crippen LogP contribution in [0.5, 0.6) is 11.5 Å². The number of halogens is 2. The van der Waals surface area contributed by atoms with E-state index in [0.29, 0.717) is 6.07 Å². The number of hydrogen-bond acceptors (Lipinski definition) is 7. The van der Waals surface area contributed by atoms with Gasteiger partial charge in [0.25, 0.3) is 11.6 Å². The van der Waals surface area contributed by atoms with Crippen LogP contribution in [0.2, 0.25) is 0 Å². The Morgan fingerprint density at radius 3 is 2.70 bits per heavy atom. The summed E-state index contributed by atoms with van der Waals surface area (Å²) in [6.07, 6.45) is 0. The van der Waals surface area contributed by atoms with Gasteiger partial charge in [-0.25, -0.2) is 8.78 Å². The lowest BCUT2D eigenvalue weighted by Gasteiger charge is -2.09. The first-order valence-electron chi connectivity index (χ1n) is 8.47. The van der Waals surface area contributed by atoms with E-state index < -0.39 is 22.5 Å². The van der Waals surface area contributed by atoms with E-state index in [1.165, 1.54) is 26.2 Å². The van der Waals surface area contributed by atoms with Crippen LogP contribution in [-0.4, -0.2) is 23.1 Å². The zero-order valence-electron chi connectivity index (χ0n) is 15.8. The number of aromatic nitrogens is 1. The van der Waals surface area contributed by atoms with Crippen LogP contribution in [0.25, 0.3) is 0 Å². The summed E-state index contributed by atoms with van der Waals surface area (Å²) in [4.78, 5) is 23.2. The summed E-state index contributed by atoms with van der Waals surface area (Å²) in [7, 11) is 1.35. The Kier molecular flexibility index (Phi) is 5.90. The number of benzene rings is 2. The van der Waals surface area contributed by atoms with Crippen LogP contribution >= 0.6 is 0 Å². The molecule has 1 amide bonds. The van der Waals surface area contributed by atoms with Crippen molar-refractivity contribution in [3.05, 3.63) is 75.2 Å².